The zero-order chi connectivity index (χ0) is 17.2. The zero-order valence-corrected chi connectivity index (χ0v) is 13.7. The number of non-ortho nitro benzene ring substituents is 1. The Morgan fingerprint density at radius 2 is 1.83 bits per heavy atom. The van der Waals surface area contributed by atoms with Gasteiger partial charge in [-0.25, -0.2) is 13.2 Å². The summed E-state index contributed by atoms with van der Waals surface area (Å²) in [5.74, 6) is 0. The lowest BCUT2D eigenvalue weighted by Gasteiger charge is -2.35. The van der Waals surface area contributed by atoms with E-state index in [9.17, 15) is 23.3 Å². The predicted molar refractivity (Wildman–Crippen MR) is 82.5 cm³/mol. The quantitative estimate of drug-likeness (QED) is 0.590. The maximum atomic E-state index is 12.6. The smallest absolute Gasteiger partial charge is 0.319 e. The Morgan fingerprint density at radius 3 is 2.35 bits per heavy atom. The van der Waals surface area contributed by atoms with Crippen molar-refractivity contribution in [2.45, 2.75) is 4.90 Å². The van der Waals surface area contributed by atoms with Crippen LogP contribution in [0.1, 0.15) is 0 Å². The second-order valence-corrected chi connectivity index (χ2v) is 7.26. The van der Waals surface area contributed by atoms with Gasteiger partial charge in [-0.15, -0.1) is 0 Å². The van der Waals surface area contributed by atoms with Crippen LogP contribution in [0.4, 0.5) is 10.5 Å². The van der Waals surface area contributed by atoms with Gasteiger partial charge < -0.3 is 9.80 Å². The molecule has 1 aliphatic rings. The van der Waals surface area contributed by atoms with Gasteiger partial charge in [-0.2, -0.15) is 4.31 Å². The Hall–Kier alpha value is -2.20. The molecule has 0 N–H and O–H groups in total. The average molecular weight is 342 g/mol. The van der Waals surface area contributed by atoms with Crippen LogP contribution in [-0.4, -0.2) is 73.8 Å². The number of benzene rings is 1. The van der Waals surface area contributed by atoms with E-state index in [1.807, 2.05) is 0 Å². The molecule has 1 saturated heterocycles. The van der Waals surface area contributed by atoms with Crippen molar-refractivity contribution >= 4 is 21.7 Å². The van der Waals surface area contributed by atoms with Gasteiger partial charge in [0.25, 0.3) is 5.69 Å². The fourth-order valence-corrected chi connectivity index (χ4v) is 3.77. The first-order valence-electron chi connectivity index (χ1n) is 6.94. The van der Waals surface area contributed by atoms with E-state index in [0.717, 1.165) is 6.07 Å². The molecular weight excluding hydrogens is 324 g/mol. The van der Waals surface area contributed by atoms with Gasteiger partial charge in [0.15, 0.2) is 0 Å². The fraction of sp³-hybridized carbons (Fsp3) is 0.462. The standard InChI is InChI=1S/C13H18N4O5S/c1-14(2)13(18)15-6-8-16(9-7-15)23(21,22)12-5-3-4-11(10-12)17(19)20/h3-5,10H,6-9H2,1-2H3. The number of nitro benzene ring substituents is 1. The molecule has 1 aromatic rings. The van der Waals surface area contributed by atoms with E-state index in [1.165, 1.54) is 27.4 Å². The number of sulfonamides is 1. The lowest BCUT2D eigenvalue weighted by molar-refractivity contribution is -0.385. The highest BCUT2D eigenvalue weighted by Crippen LogP contribution is 2.22. The van der Waals surface area contributed by atoms with Crippen LogP contribution < -0.4 is 0 Å². The highest BCUT2D eigenvalue weighted by Gasteiger charge is 2.31. The highest BCUT2D eigenvalue weighted by molar-refractivity contribution is 7.89. The van der Waals surface area contributed by atoms with Crippen LogP contribution in [0.5, 0.6) is 0 Å². The largest absolute Gasteiger partial charge is 0.331 e. The minimum atomic E-state index is -3.81. The Kier molecular flexibility index (Phi) is 4.85. The molecule has 2 rings (SSSR count). The number of nitrogens with zero attached hydrogens (tertiary/aromatic N) is 4. The SMILES string of the molecule is CN(C)C(=O)N1CCN(S(=O)(=O)c2cccc([N+](=O)[O-])c2)CC1. The van der Waals surface area contributed by atoms with Crippen LogP contribution in [-0.2, 0) is 10.0 Å². The summed E-state index contributed by atoms with van der Waals surface area (Å²) in [5, 5.41) is 10.8. The van der Waals surface area contributed by atoms with Crippen molar-refractivity contribution in [1.82, 2.24) is 14.1 Å². The van der Waals surface area contributed by atoms with Gasteiger partial charge in [-0.3, -0.25) is 10.1 Å². The maximum absolute atomic E-state index is 12.6. The zero-order valence-electron chi connectivity index (χ0n) is 12.9. The van der Waals surface area contributed by atoms with Gasteiger partial charge in [0.05, 0.1) is 9.82 Å². The molecule has 10 heteroatoms. The summed E-state index contributed by atoms with van der Waals surface area (Å²) in [6, 6.07) is 4.80. The number of amides is 2. The van der Waals surface area contributed by atoms with Crippen molar-refractivity contribution in [3.63, 3.8) is 0 Å². The molecule has 1 fully saturated rings. The van der Waals surface area contributed by atoms with Crippen LogP contribution in [0.3, 0.4) is 0 Å². The van der Waals surface area contributed by atoms with E-state index in [-0.39, 0.29) is 42.8 Å². The molecule has 1 aromatic carbocycles. The molecule has 0 bridgehead atoms. The van der Waals surface area contributed by atoms with E-state index in [4.69, 9.17) is 0 Å². The van der Waals surface area contributed by atoms with Gasteiger partial charge in [0.2, 0.25) is 10.0 Å². The Bertz CT molecular complexity index is 711. The second kappa shape index (κ2) is 6.50. The van der Waals surface area contributed by atoms with Crippen LogP contribution in [0.2, 0.25) is 0 Å². The third-order valence-corrected chi connectivity index (χ3v) is 5.45. The first-order valence-corrected chi connectivity index (χ1v) is 8.38. The first kappa shape index (κ1) is 17.2. The normalized spacial score (nSPS) is 16.2. The van der Waals surface area contributed by atoms with Crippen molar-refractivity contribution in [2.24, 2.45) is 0 Å². The number of carbonyl (C=O) groups is 1. The molecule has 9 nitrogen and oxygen atoms in total. The van der Waals surface area contributed by atoms with E-state index in [1.54, 1.807) is 19.0 Å². The summed E-state index contributed by atoms with van der Waals surface area (Å²) in [4.78, 5) is 24.9. The maximum Gasteiger partial charge on any atom is 0.319 e. The van der Waals surface area contributed by atoms with Gasteiger partial charge in [-0.1, -0.05) is 6.07 Å². The van der Waals surface area contributed by atoms with Crippen molar-refractivity contribution in [1.29, 1.82) is 0 Å². The molecule has 126 valence electrons. The average Bonchev–Trinajstić information content (AvgIpc) is 2.54. The summed E-state index contributed by atoms with van der Waals surface area (Å²) >= 11 is 0. The molecule has 0 radical (unpaired) electrons. The Labute approximate surface area is 134 Å². The third kappa shape index (κ3) is 3.59. The highest BCUT2D eigenvalue weighted by atomic mass is 32.2. The lowest BCUT2D eigenvalue weighted by Crippen LogP contribution is -2.52. The van der Waals surface area contributed by atoms with Crippen LogP contribution >= 0.6 is 0 Å². The predicted octanol–water partition coefficient (Wildman–Crippen LogP) is 0.583. The van der Waals surface area contributed by atoms with Crippen LogP contribution in [0.15, 0.2) is 29.2 Å². The molecule has 0 unspecified atom stereocenters. The van der Waals surface area contributed by atoms with Crippen molar-refractivity contribution in [3.05, 3.63) is 34.4 Å². The Morgan fingerprint density at radius 1 is 1.22 bits per heavy atom. The molecular formula is C13H18N4O5S. The molecule has 23 heavy (non-hydrogen) atoms. The van der Waals surface area contributed by atoms with E-state index < -0.39 is 14.9 Å². The second-order valence-electron chi connectivity index (χ2n) is 5.32. The summed E-state index contributed by atoms with van der Waals surface area (Å²) < 4.78 is 26.4. The summed E-state index contributed by atoms with van der Waals surface area (Å²) in [5.41, 5.74) is -0.271. The van der Waals surface area contributed by atoms with E-state index in [2.05, 4.69) is 0 Å². The number of urea groups is 1. The molecule has 0 aromatic heterocycles. The van der Waals surface area contributed by atoms with Gasteiger partial charge in [0.1, 0.15) is 0 Å². The fourth-order valence-electron chi connectivity index (χ4n) is 2.31. The number of hydrogen-bond donors (Lipinski definition) is 0. The van der Waals surface area contributed by atoms with Crippen molar-refractivity contribution in [2.75, 3.05) is 40.3 Å². The Balaban J connectivity index is 2.15. The van der Waals surface area contributed by atoms with Gasteiger partial charge >= 0.3 is 6.03 Å². The molecule has 2 amide bonds. The minimum Gasteiger partial charge on any atom is -0.331 e. The van der Waals surface area contributed by atoms with Crippen molar-refractivity contribution in [3.8, 4) is 0 Å². The molecule has 0 spiro atoms. The van der Waals surface area contributed by atoms with Crippen molar-refractivity contribution < 1.29 is 18.1 Å². The van der Waals surface area contributed by atoms with E-state index >= 15 is 0 Å². The molecule has 0 aliphatic carbocycles. The van der Waals surface area contributed by atoms with Gasteiger partial charge in [0, 0.05) is 52.4 Å². The lowest BCUT2D eigenvalue weighted by atomic mass is 10.3. The number of rotatable bonds is 3. The monoisotopic (exact) mass is 342 g/mol. The van der Waals surface area contributed by atoms with Crippen LogP contribution in [0.25, 0.3) is 0 Å². The third-order valence-electron chi connectivity index (χ3n) is 3.56. The van der Waals surface area contributed by atoms with E-state index in [0.29, 0.717) is 0 Å². The molecule has 0 atom stereocenters. The summed E-state index contributed by atoms with van der Waals surface area (Å²) in [7, 11) is -0.543. The van der Waals surface area contributed by atoms with Crippen LogP contribution in [0, 0.1) is 10.1 Å². The minimum absolute atomic E-state index is 0.112. The molecule has 1 heterocycles. The molecule has 0 saturated carbocycles. The summed E-state index contributed by atoms with van der Waals surface area (Å²) in [6.45, 7) is 0.881. The summed E-state index contributed by atoms with van der Waals surface area (Å²) in [6.07, 6.45) is 0. The van der Waals surface area contributed by atoms with Gasteiger partial charge in [-0.05, 0) is 6.07 Å². The number of carbonyl (C=O) groups excluding carboxylic acids is 1. The topological polar surface area (TPSA) is 104 Å². The molecule has 1 aliphatic heterocycles. The number of nitro groups is 1. The first-order chi connectivity index (χ1) is 10.7. The number of piperazine rings is 1. The number of hydrogen-bond acceptors (Lipinski definition) is 5.